The van der Waals surface area contributed by atoms with E-state index in [1.54, 1.807) is 0 Å². The predicted molar refractivity (Wildman–Crippen MR) is 71.1 cm³/mol. The van der Waals surface area contributed by atoms with Crippen LogP contribution in [0.5, 0.6) is 0 Å². The van der Waals surface area contributed by atoms with Gasteiger partial charge in [-0.2, -0.15) is 5.10 Å². The zero-order valence-corrected chi connectivity index (χ0v) is 11.2. The molecule has 0 amide bonds. The molecule has 5 nitrogen and oxygen atoms in total. The smallest absolute Gasteiger partial charge is 0.328 e. The van der Waals surface area contributed by atoms with Crippen LogP contribution in [0.3, 0.4) is 0 Å². The van der Waals surface area contributed by atoms with Gasteiger partial charge in [0.2, 0.25) is 5.43 Å². The molecule has 1 aromatic carbocycles. The molecule has 0 saturated carbocycles. The van der Waals surface area contributed by atoms with Crippen LogP contribution in [0.15, 0.2) is 29.1 Å². The summed E-state index contributed by atoms with van der Waals surface area (Å²) in [5, 5.41) is 12.3. The number of hydrogen-bond acceptors (Lipinski definition) is 3. The minimum absolute atomic E-state index is 0.169. The fourth-order valence-electron chi connectivity index (χ4n) is 1.75. The van der Waals surface area contributed by atoms with Crippen molar-refractivity contribution in [2.75, 3.05) is 0 Å². The second-order valence-corrected chi connectivity index (χ2v) is 4.31. The molecule has 2 aromatic rings. The van der Waals surface area contributed by atoms with E-state index < -0.39 is 34.5 Å². The largest absolute Gasteiger partial charge is 0.478 e. The van der Waals surface area contributed by atoms with E-state index >= 15 is 0 Å². The second kappa shape index (κ2) is 5.84. The Morgan fingerprint density at radius 3 is 2.59 bits per heavy atom. The first-order chi connectivity index (χ1) is 10.3. The second-order valence-electron chi connectivity index (χ2n) is 4.31. The van der Waals surface area contributed by atoms with E-state index in [4.69, 9.17) is 5.11 Å². The van der Waals surface area contributed by atoms with Gasteiger partial charge >= 0.3 is 5.97 Å². The highest BCUT2D eigenvalue weighted by Gasteiger charge is 2.16. The van der Waals surface area contributed by atoms with E-state index in [2.05, 4.69) is 5.10 Å². The molecule has 8 heteroatoms. The molecule has 1 N–H and O–H groups in total. The maximum Gasteiger partial charge on any atom is 0.328 e. The molecule has 2 rings (SSSR count). The summed E-state index contributed by atoms with van der Waals surface area (Å²) in [6.07, 6.45) is 1.61. The van der Waals surface area contributed by atoms with Crippen molar-refractivity contribution in [3.63, 3.8) is 0 Å². The molecule has 0 saturated heterocycles. The van der Waals surface area contributed by atoms with Crippen molar-refractivity contribution in [1.29, 1.82) is 0 Å². The van der Waals surface area contributed by atoms with Crippen molar-refractivity contribution < 1.29 is 23.1 Å². The number of carboxylic acid groups (broad SMARTS) is 1. The number of aromatic nitrogens is 2. The molecule has 0 atom stereocenters. The fraction of sp³-hybridized carbons (Fsp3) is 0.0714. The van der Waals surface area contributed by atoms with Crippen LogP contribution < -0.4 is 5.43 Å². The summed E-state index contributed by atoms with van der Waals surface area (Å²) in [5.74, 6) is -5.79. The minimum Gasteiger partial charge on any atom is -0.478 e. The number of benzene rings is 1. The van der Waals surface area contributed by atoms with E-state index in [0.717, 1.165) is 29.0 Å². The van der Waals surface area contributed by atoms with Crippen molar-refractivity contribution in [3.8, 4) is 5.69 Å². The van der Waals surface area contributed by atoms with Crippen LogP contribution in [-0.2, 0) is 4.79 Å². The van der Waals surface area contributed by atoms with Gasteiger partial charge in [-0.05, 0) is 25.1 Å². The number of carbonyl (C=O) groups is 1. The third-order valence-corrected chi connectivity index (χ3v) is 2.76. The maximum absolute atomic E-state index is 13.8. The molecule has 0 radical (unpaired) electrons. The minimum atomic E-state index is -1.67. The van der Waals surface area contributed by atoms with Crippen LogP contribution in [0.1, 0.15) is 11.4 Å². The summed E-state index contributed by atoms with van der Waals surface area (Å²) >= 11 is 0. The van der Waals surface area contributed by atoms with Gasteiger partial charge in [0.05, 0.1) is 0 Å². The van der Waals surface area contributed by atoms with E-state index in [1.165, 1.54) is 6.92 Å². The standard InChI is InChI=1S/C14H9F3N2O3/c1-7-6-11(20)9(3-5-12(21)22)18-19(7)10-4-2-8(15)13(16)14(10)17/h2-6H,1H3,(H,21,22)/b5-3+. The Bertz CT molecular complexity index is 844. The zero-order chi connectivity index (χ0) is 16.4. The topological polar surface area (TPSA) is 72.2 Å². The predicted octanol–water partition coefficient (Wildman–Crippen LogP) is 2.06. The highest BCUT2D eigenvalue weighted by Crippen LogP contribution is 2.19. The van der Waals surface area contributed by atoms with E-state index in [0.29, 0.717) is 6.08 Å². The Morgan fingerprint density at radius 2 is 1.95 bits per heavy atom. The van der Waals surface area contributed by atoms with Crippen molar-refractivity contribution in [1.82, 2.24) is 9.78 Å². The Morgan fingerprint density at radius 1 is 1.27 bits per heavy atom. The summed E-state index contributed by atoms with van der Waals surface area (Å²) in [5.41, 5.74) is -1.10. The van der Waals surface area contributed by atoms with Gasteiger partial charge in [0, 0.05) is 17.8 Å². The Kier molecular flexibility index (Phi) is 4.11. The molecule has 0 aliphatic carbocycles. The van der Waals surface area contributed by atoms with Crippen LogP contribution in [0.4, 0.5) is 13.2 Å². The van der Waals surface area contributed by atoms with Crippen LogP contribution >= 0.6 is 0 Å². The number of halogens is 3. The van der Waals surface area contributed by atoms with Gasteiger partial charge in [-0.25, -0.2) is 22.6 Å². The molecule has 0 fully saturated rings. The highest BCUT2D eigenvalue weighted by atomic mass is 19.2. The first-order valence-electron chi connectivity index (χ1n) is 5.97. The van der Waals surface area contributed by atoms with Crippen molar-refractivity contribution in [2.24, 2.45) is 0 Å². The normalized spacial score (nSPS) is 11.1. The van der Waals surface area contributed by atoms with Crippen LogP contribution in [-0.4, -0.2) is 20.9 Å². The van der Waals surface area contributed by atoms with Gasteiger partial charge in [0.1, 0.15) is 11.4 Å². The summed E-state index contributed by atoms with van der Waals surface area (Å²) in [7, 11) is 0. The quantitative estimate of drug-likeness (QED) is 0.696. The lowest BCUT2D eigenvalue weighted by molar-refractivity contribution is -0.131. The number of rotatable bonds is 3. The molecule has 1 aromatic heterocycles. The lowest BCUT2D eigenvalue weighted by Crippen LogP contribution is -2.18. The van der Waals surface area contributed by atoms with Crippen LogP contribution in [0.25, 0.3) is 11.8 Å². The first-order valence-corrected chi connectivity index (χ1v) is 5.97. The fourth-order valence-corrected chi connectivity index (χ4v) is 1.75. The number of aryl methyl sites for hydroxylation is 1. The van der Waals surface area contributed by atoms with Gasteiger partial charge in [0.25, 0.3) is 0 Å². The van der Waals surface area contributed by atoms with Crippen molar-refractivity contribution in [2.45, 2.75) is 6.92 Å². The molecule has 0 aliphatic heterocycles. The van der Waals surface area contributed by atoms with Crippen molar-refractivity contribution in [3.05, 3.63) is 63.3 Å². The average Bonchev–Trinajstić information content (AvgIpc) is 2.45. The Labute approximate surface area is 121 Å². The van der Waals surface area contributed by atoms with Gasteiger partial charge in [-0.15, -0.1) is 0 Å². The zero-order valence-electron chi connectivity index (χ0n) is 11.2. The lowest BCUT2D eigenvalue weighted by Gasteiger charge is -2.11. The summed E-state index contributed by atoms with van der Waals surface area (Å²) in [4.78, 5) is 22.2. The lowest BCUT2D eigenvalue weighted by atomic mass is 10.2. The molecular formula is C14H9F3N2O3. The summed E-state index contributed by atoms with van der Waals surface area (Å²) in [6, 6.07) is 2.76. The summed E-state index contributed by atoms with van der Waals surface area (Å²) < 4.78 is 41.0. The van der Waals surface area contributed by atoms with Gasteiger partial charge in [-0.1, -0.05) is 0 Å². The SMILES string of the molecule is Cc1cc(=O)c(/C=C/C(=O)O)nn1-c1ccc(F)c(F)c1F. The van der Waals surface area contributed by atoms with Gasteiger partial charge < -0.3 is 5.11 Å². The third-order valence-electron chi connectivity index (χ3n) is 2.76. The van der Waals surface area contributed by atoms with Crippen LogP contribution in [0.2, 0.25) is 0 Å². The monoisotopic (exact) mass is 310 g/mol. The average molecular weight is 310 g/mol. The molecule has 22 heavy (non-hydrogen) atoms. The number of carboxylic acids is 1. The Hall–Kier alpha value is -2.90. The third kappa shape index (κ3) is 2.90. The number of nitrogens with zero attached hydrogens (tertiary/aromatic N) is 2. The number of aliphatic carboxylic acids is 1. The maximum atomic E-state index is 13.8. The van der Waals surface area contributed by atoms with Gasteiger partial charge in [0.15, 0.2) is 17.5 Å². The Balaban J connectivity index is 2.66. The molecular weight excluding hydrogens is 301 g/mol. The molecule has 114 valence electrons. The van der Waals surface area contributed by atoms with E-state index in [-0.39, 0.29) is 11.4 Å². The van der Waals surface area contributed by atoms with E-state index in [9.17, 15) is 22.8 Å². The van der Waals surface area contributed by atoms with Crippen LogP contribution in [0, 0.1) is 24.4 Å². The molecule has 0 aliphatic rings. The first kappa shape index (κ1) is 15.5. The van der Waals surface area contributed by atoms with Gasteiger partial charge in [-0.3, -0.25) is 4.79 Å². The molecule has 0 spiro atoms. The van der Waals surface area contributed by atoms with E-state index in [1.807, 2.05) is 0 Å². The highest BCUT2D eigenvalue weighted by molar-refractivity contribution is 5.84. The summed E-state index contributed by atoms with van der Waals surface area (Å²) in [6.45, 7) is 1.42. The molecule has 1 heterocycles. The molecule has 0 bridgehead atoms. The van der Waals surface area contributed by atoms with Crippen molar-refractivity contribution >= 4 is 12.0 Å². The number of hydrogen-bond donors (Lipinski definition) is 1. The molecule has 0 unspecified atom stereocenters.